The number of aliphatic hydroxyl groups is 1. The topological polar surface area (TPSA) is 57.5 Å². The lowest BCUT2D eigenvalue weighted by molar-refractivity contribution is -0.139. The van der Waals surface area contributed by atoms with Crippen molar-refractivity contribution in [3.8, 4) is 0 Å². The van der Waals surface area contributed by atoms with E-state index >= 15 is 0 Å². The van der Waals surface area contributed by atoms with Crippen molar-refractivity contribution in [2.45, 2.75) is 25.4 Å². The van der Waals surface area contributed by atoms with Crippen molar-refractivity contribution < 1.29 is 15.0 Å². The van der Waals surface area contributed by atoms with E-state index in [2.05, 4.69) is 0 Å². The Bertz CT molecular complexity index is 160. The molecule has 70 valence electrons. The van der Waals surface area contributed by atoms with Gasteiger partial charge in [-0.1, -0.05) is 0 Å². The van der Waals surface area contributed by atoms with E-state index in [9.17, 15) is 9.90 Å². The van der Waals surface area contributed by atoms with Gasteiger partial charge < -0.3 is 10.2 Å². The Labute approximate surface area is 76.2 Å². The van der Waals surface area contributed by atoms with Gasteiger partial charge in [-0.05, 0) is 30.3 Å². The molecule has 1 rings (SSSR count). The lowest BCUT2D eigenvalue weighted by atomic mass is 9.94. The zero-order valence-electron chi connectivity index (χ0n) is 6.90. The first-order valence-corrected chi connectivity index (χ1v) is 5.33. The fourth-order valence-corrected chi connectivity index (χ4v) is 2.51. The van der Waals surface area contributed by atoms with E-state index in [1.807, 2.05) is 0 Å². The minimum atomic E-state index is -0.800. The highest BCUT2D eigenvalue weighted by Gasteiger charge is 2.23. The lowest BCUT2D eigenvalue weighted by Crippen LogP contribution is -2.22. The molecule has 0 saturated carbocycles. The molecule has 0 aromatic carbocycles. The summed E-state index contributed by atoms with van der Waals surface area (Å²) >= 11 is 1.80. The van der Waals surface area contributed by atoms with Crippen LogP contribution < -0.4 is 0 Å². The molecule has 2 N–H and O–H groups in total. The quantitative estimate of drug-likeness (QED) is 0.681. The minimum absolute atomic E-state index is 0.0301. The molecule has 0 aliphatic carbocycles. The van der Waals surface area contributed by atoms with Crippen molar-refractivity contribution in [1.82, 2.24) is 0 Å². The molecule has 1 fully saturated rings. The summed E-state index contributed by atoms with van der Waals surface area (Å²) in [6, 6.07) is 0. The SMILES string of the molecule is O=C(O)C[C@H]1CCSCC[C@H]1O. The summed E-state index contributed by atoms with van der Waals surface area (Å²) in [5.74, 6) is 1.11. The van der Waals surface area contributed by atoms with Gasteiger partial charge in [0.15, 0.2) is 0 Å². The first-order chi connectivity index (χ1) is 5.70. The second kappa shape index (κ2) is 4.72. The Kier molecular flexibility index (Phi) is 3.88. The summed E-state index contributed by atoms with van der Waals surface area (Å²) in [5, 5.41) is 18.1. The molecule has 12 heavy (non-hydrogen) atoms. The molecule has 0 aromatic rings. The average molecular weight is 190 g/mol. The maximum absolute atomic E-state index is 10.4. The zero-order valence-corrected chi connectivity index (χ0v) is 7.72. The van der Waals surface area contributed by atoms with Gasteiger partial charge in [0.05, 0.1) is 12.5 Å². The van der Waals surface area contributed by atoms with Gasteiger partial charge >= 0.3 is 5.97 Å². The van der Waals surface area contributed by atoms with Crippen LogP contribution in [0.25, 0.3) is 0 Å². The highest BCUT2D eigenvalue weighted by Crippen LogP contribution is 2.24. The van der Waals surface area contributed by atoms with E-state index < -0.39 is 12.1 Å². The molecule has 1 aliphatic rings. The summed E-state index contributed by atoms with van der Waals surface area (Å²) in [6.07, 6.45) is 1.28. The third-order valence-corrected chi connectivity index (χ3v) is 3.22. The van der Waals surface area contributed by atoms with Crippen molar-refractivity contribution in [1.29, 1.82) is 0 Å². The van der Waals surface area contributed by atoms with Crippen LogP contribution in [-0.2, 0) is 4.79 Å². The monoisotopic (exact) mass is 190 g/mol. The molecule has 0 aromatic heterocycles. The fraction of sp³-hybridized carbons (Fsp3) is 0.875. The number of thioether (sulfide) groups is 1. The van der Waals surface area contributed by atoms with Gasteiger partial charge in [0.25, 0.3) is 0 Å². The molecular formula is C8H14O3S. The molecule has 4 heteroatoms. The van der Waals surface area contributed by atoms with Crippen LogP contribution in [0.2, 0.25) is 0 Å². The van der Waals surface area contributed by atoms with Gasteiger partial charge in [-0.15, -0.1) is 0 Å². The summed E-state index contributed by atoms with van der Waals surface area (Å²) in [7, 11) is 0. The predicted octanol–water partition coefficient (Wildman–Crippen LogP) is 0.965. The Morgan fingerprint density at radius 3 is 2.75 bits per heavy atom. The van der Waals surface area contributed by atoms with Gasteiger partial charge in [0.1, 0.15) is 0 Å². The van der Waals surface area contributed by atoms with E-state index in [4.69, 9.17) is 5.11 Å². The number of carboxylic acids is 1. The summed E-state index contributed by atoms with van der Waals surface area (Å²) in [5.41, 5.74) is 0. The molecule has 1 aliphatic heterocycles. The molecule has 3 nitrogen and oxygen atoms in total. The van der Waals surface area contributed by atoms with Gasteiger partial charge in [0.2, 0.25) is 0 Å². The molecule has 0 unspecified atom stereocenters. The van der Waals surface area contributed by atoms with E-state index in [-0.39, 0.29) is 12.3 Å². The lowest BCUT2D eigenvalue weighted by Gasteiger charge is -2.17. The Morgan fingerprint density at radius 1 is 1.42 bits per heavy atom. The van der Waals surface area contributed by atoms with Gasteiger partial charge in [-0.2, -0.15) is 11.8 Å². The van der Waals surface area contributed by atoms with Crippen LogP contribution in [0.1, 0.15) is 19.3 Å². The maximum atomic E-state index is 10.4. The van der Waals surface area contributed by atoms with Crippen molar-refractivity contribution >= 4 is 17.7 Å². The van der Waals surface area contributed by atoms with Crippen LogP contribution in [0, 0.1) is 5.92 Å². The molecule has 0 spiro atoms. The molecule has 2 atom stereocenters. The van der Waals surface area contributed by atoms with Crippen molar-refractivity contribution in [2.24, 2.45) is 5.92 Å². The van der Waals surface area contributed by atoms with Gasteiger partial charge in [-0.25, -0.2) is 0 Å². The number of carboxylic acid groups (broad SMARTS) is 1. The second-order valence-corrected chi connectivity index (χ2v) is 4.34. The molecule has 1 saturated heterocycles. The third kappa shape index (κ3) is 3.03. The molecular weight excluding hydrogens is 176 g/mol. The number of aliphatic carboxylic acids is 1. The number of hydrogen-bond donors (Lipinski definition) is 2. The molecule has 0 amide bonds. The zero-order chi connectivity index (χ0) is 8.97. The van der Waals surface area contributed by atoms with Crippen LogP contribution in [0.3, 0.4) is 0 Å². The number of rotatable bonds is 2. The van der Waals surface area contributed by atoms with Crippen LogP contribution in [-0.4, -0.2) is 33.8 Å². The van der Waals surface area contributed by atoms with Gasteiger partial charge in [0, 0.05) is 0 Å². The highest BCUT2D eigenvalue weighted by atomic mass is 32.2. The van der Waals surface area contributed by atoms with Crippen LogP contribution in [0.4, 0.5) is 0 Å². The Hall–Kier alpha value is -0.220. The Balaban J connectivity index is 2.41. The first kappa shape index (κ1) is 9.86. The van der Waals surface area contributed by atoms with E-state index in [0.29, 0.717) is 0 Å². The van der Waals surface area contributed by atoms with Crippen LogP contribution in [0.5, 0.6) is 0 Å². The summed E-state index contributed by atoms with van der Waals surface area (Å²) < 4.78 is 0. The summed E-state index contributed by atoms with van der Waals surface area (Å²) in [6.45, 7) is 0. The number of hydrogen-bond acceptors (Lipinski definition) is 3. The molecule has 0 bridgehead atoms. The number of aliphatic hydroxyl groups excluding tert-OH is 1. The molecule has 0 radical (unpaired) electrons. The van der Waals surface area contributed by atoms with Crippen molar-refractivity contribution in [2.75, 3.05) is 11.5 Å². The highest BCUT2D eigenvalue weighted by molar-refractivity contribution is 7.99. The normalized spacial score (nSPS) is 31.1. The van der Waals surface area contributed by atoms with E-state index in [0.717, 1.165) is 24.3 Å². The van der Waals surface area contributed by atoms with E-state index in [1.165, 1.54) is 0 Å². The maximum Gasteiger partial charge on any atom is 0.303 e. The van der Waals surface area contributed by atoms with Crippen LogP contribution >= 0.6 is 11.8 Å². The molecule has 1 heterocycles. The van der Waals surface area contributed by atoms with Crippen LogP contribution in [0.15, 0.2) is 0 Å². The standard InChI is InChI=1S/C8H14O3S/c9-7-2-4-12-3-1-6(7)5-8(10)11/h6-7,9H,1-5H2,(H,10,11)/t6-,7-/m1/s1. The average Bonchev–Trinajstić information content (AvgIpc) is 2.16. The van der Waals surface area contributed by atoms with Gasteiger partial charge in [-0.3, -0.25) is 4.79 Å². The first-order valence-electron chi connectivity index (χ1n) is 4.17. The van der Waals surface area contributed by atoms with Crippen molar-refractivity contribution in [3.05, 3.63) is 0 Å². The smallest absolute Gasteiger partial charge is 0.303 e. The summed E-state index contributed by atoms with van der Waals surface area (Å²) in [4.78, 5) is 10.4. The Morgan fingerprint density at radius 2 is 2.08 bits per heavy atom. The number of carbonyl (C=O) groups is 1. The minimum Gasteiger partial charge on any atom is -0.481 e. The third-order valence-electron chi connectivity index (χ3n) is 2.17. The second-order valence-electron chi connectivity index (χ2n) is 3.12. The van der Waals surface area contributed by atoms with E-state index in [1.54, 1.807) is 11.8 Å². The predicted molar refractivity (Wildman–Crippen MR) is 48.3 cm³/mol. The van der Waals surface area contributed by atoms with Crippen molar-refractivity contribution in [3.63, 3.8) is 0 Å². The fourth-order valence-electron chi connectivity index (χ4n) is 1.43. The largest absolute Gasteiger partial charge is 0.481 e.